The predicted octanol–water partition coefficient (Wildman–Crippen LogP) is 3.06. The van der Waals surface area contributed by atoms with Crippen molar-refractivity contribution in [1.29, 1.82) is 0 Å². The average molecular weight is 231 g/mol. The summed E-state index contributed by atoms with van der Waals surface area (Å²) in [6.45, 7) is 2.03. The predicted molar refractivity (Wildman–Crippen MR) is 71.2 cm³/mol. The maximum atomic E-state index is 5.90. The summed E-state index contributed by atoms with van der Waals surface area (Å²) in [7, 11) is 0. The molecule has 92 valence electrons. The number of rotatable bonds is 4. The Morgan fingerprint density at radius 1 is 1.35 bits per heavy atom. The second kappa shape index (κ2) is 5.87. The van der Waals surface area contributed by atoms with Crippen LogP contribution in [0.25, 0.3) is 0 Å². The molecule has 0 aromatic heterocycles. The van der Waals surface area contributed by atoms with E-state index in [1.165, 1.54) is 18.4 Å². The summed E-state index contributed by atoms with van der Waals surface area (Å²) in [5.74, 6) is 0.954. The van der Waals surface area contributed by atoms with Gasteiger partial charge in [-0.25, -0.2) is 0 Å². The lowest BCUT2D eigenvalue weighted by molar-refractivity contribution is 0.230. The van der Waals surface area contributed by atoms with Crippen molar-refractivity contribution in [1.82, 2.24) is 0 Å². The first-order valence-electron chi connectivity index (χ1n) is 6.42. The van der Waals surface area contributed by atoms with Gasteiger partial charge >= 0.3 is 0 Å². The summed E-state index contributed by atoms with van der Waals surface area (Å²) in [5, 5.41) is 0. The van der Waals surface area contributed by atoms with E-state index in [2.05, 4.69) is 24.3 Å². The second-order valence-electron chi connectivity index (χ2n) is 4.84. The molecular formula is C15H21NO. The second-order valence-corrected chi connectivity index (χ2v) is 4.84. The van der Waals surface area contributed by atoms with Crippen LogP contribution in [0, 0.1) is 0 Å². The van der Waals surface area contributed by atoms with Gasteiger partial charge in [0.05, 0.1) is 0 Å². The van der Waals surface area contributed by atoms with E-state index >= 15 is 0 Å². The number of hydrogen-bond acceptors (Lipinski definition) is 2. The highest BCUT2D eigenvalue weighted by Crippen LogP contribution is 2.19. The van der Waals surface area contributed by atoms with Gasteiger partial charge in [0.25, 0.3) is 0 Å². The summed E-state index contributed by atoms with van der Waals surface area (Å²) in [5.41, 5.74) is 7.04. The minimum absolute atomic E-state index is 0.211. The Labute approximate surface area is 103 Å². The molecule has 2 unspecified atom stereocenters. The normalized spacial score (nSPS) is 21.2. The average Bonchev–Trinajstić information content (AvgIpc) is 2.32. The van der Waals surface area contributed by atoms with E-state index < -0.39 is 0 Å². The lowest BCUT2D eigenvalue weighted by Crippen LogP contribution is -2.18. The SMILES string of the molecule is CC(N)Cc1ccc(OC2C=CCCC2)cc1. The van der Waals surface area contributed by atoms with Gasteiger partial charge in [-0.3, -0.25) is 0 Å². The van der Waals surface area contributed by atoms with Crippen molar-refractivity contribution < 1.29 is 4.74 Å². The molecule has 0 amide bonds. The first-order valence-corrected chi connectivity index (χ1v) is 6.42. The minimum atomic E-state index is 0.211. The monoisotopic (exact) mass is 231 g/mol. The maximum absolute atomic E-state index is 5.90. The van der Waals surface area contributed by atoms with E-state index in [9.17, 15) is 0 Å². The van der Waals surface area contributed by atoms with Crippen LogP contribution in [-0.4, -0.2) is 12.1 Å². The largest absolute Gasteiger partial charge is 0.486 e. The minimum Gasteiger partial charge on any atom is -0.486 e. The molecule has 0 bridgehead atoms. The van der Waals surface area contributed by atoms with Crippen LogP contribution in [0.2, 0.25) is 0 Å². The van der Waals surface area contributed by atoms with Gasteiger partial charge in [0, 0.05) is 6.04 Å². The van der Waals surface area contributed by atoms with Gasteiger partial charge in [0.2, 0.25) is 0 Å². The van der Waals surface area contributed by atoms with Crippen LogP contribution in [0.15, 0.2) is 36.4 Å². The first-order chi connectivity index (χ1) is 8.24. The number of nitrogens with two attached hydrogens (primary N) is 1. The molecule has 2 heteroatoms. The zero-order chi connectivity index (χ0) is 12.1. The van der Waals surface area contributed by atoms with Crippen molar-refractivity contribution in [2.24, 2.45) is 5.73 Å². The molecule has 2 nitrogen and oxygen atoms in total. The highest BCUT2D eigenvalue weighted by molar-refractivity contribution is 5.28. The van der Waals surface area contributed by atoms with Gasteiger partial charge in [-0.05, 0) is 56.4 Å². The highest BCUT2D eigenvalue weighted by Gasteiger charge is 2.09. The molecule has 0 radical (unpaired) electrons. The Hall–Kier alpha value is -1.28. The molecule has 0 fully saturated rings. The van der Waals surface area contributed by atoms with Crippen molar-refractivity contribution in [3.63, 3.8) is 0 Å². The van der Waals surface area contributed by atoms with Gasteiger partial charge in [-0.1, -0.05) is 18.2 Å². The number of allylic oxidation sites excluding steroid dienone is 1. The Balaban J connectivity index is 1.93. The van der Waals surface area contributed by atoms with Gasteiger partial charge in [-0.15, -0.1) is 0 Å². The summed E-state index contributed by atoms with van der Waals surface area (Å²) >= 11 is 0. The summed E-state index contributed by atoms with van der Waals surface area (Å²) in [6, 6.07) is 8.50. The third-order valence-corrected chi connectivity index (χ3v) is 2.98. The number of hydrogen-bond donors (Lipinski definition) is 1. The standard InChI is InChI=1S/C15H21NO/c1-12(16)11-13-7-9-15(10-8-13)17-14-5-3-2-4-6-14/h3,5,7-10,12,14H,2,4,6,11,16H2,1H3. The zero-order valence-electron chi connectivity index (χ0n) is 10.4. The highest BCUT2D eigenvalue weighted by atomic mass is 16.5. The van der Waals surface area contributed by atoms with Crippen molar-refractivity contribution >= 4 is 0 Å². The van der Waals surface area contributed by atoms with Crippen molar-refractivity contribution in [2.75, 3.05) is 0 Å². The summed E-state index contributed by atoms with van der Waals surface area (Å²) in [4.78, 5) is 0. The number of benzene rings is 1. The molecule has 0 aliphatic heterocycles. The Morgan fingerprint density at radius 2 is 2.12 bits per heavy atom. The third-order valence-electron chi connectivity index (χ3n) is 2.98. The van der Waals surface area contributed by atoms with E-state index in [1.54, 1.807) is 0 Å². The fourth-order valence-corrected chi connectivity index (χ4v) is 2.13. The molecule has 1 aromatic rings. The molecule has 1 aliphatic rings. The van der Waals surface area contributed by atoms with Gasteiger partial charge in [-0.2, -0.15) is 0 Å². The molecule has 2 rings (SSSR count). The van der Waals surface area contributed by atoms with Crippen LogP contribution in [0.5, 0.6) is 5.75 Å². The Morgan fingerprint density at radius 3 is 2.71 bits per heavy atom. The lowest BCUT2D eigenvalue weighted by atomic mass is 10.1. The smallest absolute Gasteiger partial charge is 0.120 e. The summed E-state index contributed by atoms with van der Waals surface area (Å²) in [6.07, 6.45) is 9.08. The molecule has 1 aromatic carbocycles. The molecule has 1 aliphatic carbocycles. The van der Waals surface area contributed by atoms with Crippen molar-refractivity contribution in [3.8, 4) is 5.75 Å². The molecule has 0 heterocycles. The van der Waals surface area contributed by atoms with E-state index in [1.807, 2.05) is 19.1 Å². The van der Waals surface area contributed by atoms with E-state index in [4.69, 9.17) is 10.5 Å². The maximum Gasteiger partial charge on any atom is 0.120 e. The fourth-order valence-electron chi connectivity index (χ4n) is 2.13. The van der Waals surface area contributed by atoms with Crippen LogP contribution in [-0.2, 0) is 6.42 Å². The summed E-state index contributed by atoms with van der Waals surface area (Å²) < 4.78 is 5.90. The van der Waals surface area contributed by atoms with Crippen LogP contribution < -0.4 is 10.5 Å². The first kappa shape index (κ1) is 12.2. The van der Waals surface area contributed by atoms with E-state index in [-0.39, 0.29) is 12.1 Å². The van der Waals surface area contributed by atoms with Crippen LogP contribution >= 0.6 is 0 Å². The lowest BCUT2D eigenvalue weighted by Gasteiger charge is -2.18. The van der Waals surface area contributed by atoms with E-state index in [0.717, 1.165) is 18.6 Å². The van der Waals surface area contributed by atoms with Crippen LogP contribution in [0.3, 0.4) is 0 Å². The van der Waals surface area contributed by atoms with Crippen LogP contribution in [0.4, 0.5) is 0 Å². The Kier molecular flexibility index (Phi) is 4.21. The molecule has 2 N–H and O–H groups in total. The Bertz CT molecular complexity index is 367. The molecule has 2 atom stereocenters. The van der Waals surface area contributed by atoms with Crippen molar-refractivity contribution in [2.45, 2.75) is 44.8 Å². The quantitative estimate of drug-likeness (QED) is 0.808. The van der Waals surface area contributed by atoms with Crippen LogP contribution in [0.1, 0.15) is 31.7 Å². The molecular weight excluding hydrogens is 210 g/mol. The molecule has 0 saturated carbocycles. The van der Waals surface area contributed by atoms with Gasteiger partial charge < -0.3 is 10.5 Å². The zero-order valence-corrected chi connectivity index (χ0v) is 10.4. The van der Waals surface area contributed by atoms with E-state index in [0.29, 0.717) is 0 Å². The molecule has 17 heavy (non-hydrogen) atoms. The van der Waals surface area contributed by atoms with Crippen molar-refractivity contribution in [3.05, 3.63) is 42.0 Å². The third kappa shape index (κ3) is 3.90. The topological polar surface area (TPSA) is 35.2 Å². The number of ether oxygens (including phenoxy) is 1. The molecule has 0 saturated heterocycles. The van der Waals surface area contributed by atoms with Gasteiger partial charge in [0.15, 0.2) is 0 Å². The molecule has 0 spiro atoms. The fraction of sp³-hybridized carbons (Fsp3) is 0.467. The van der Waals surface area contributed by atoms with Gasteiger partial charge in [0.1, 0.15) is 11.9 Å².